The van der Waals surface area contributed by atoms with Crippen LogP contribution >= 0.6 is 11.6 Å². The summed E-state index contributed by atoms with van der Waals surface area (Å²) in [5.74, 6) is 0.612. The van der Waals surface area contributed by atoms with Gasteiger partial charge in [0.15, 0.2) is 0 Å². The van der Waals surface area contributed by atoms with E-state index in [-0.39, 0.29) is 0 Å². The fraction of sp³-hybridized carbons (Fsp3) is 0.684. The lowest BCUT2D eigenvalue weighted by atomic mass is 10.2. The maximum absolute atomic E-state index is 5.53. The second-order valence-electron chi connectivity index (χ2n) is 5.68. The van der Waals surface area contributed by atoms with Gasteiger partial charge in [0.25, 0.3) is 0 Å². The summed E-state index contributed by atoms with van der Waals surface area (Å²) < 4.78 is 0. The Balaban J connectivity index is 0.000000423. The molecule has 1 N–H and O–H groups in total. The van der Waals surface area contributed by atoms with Crippen molar-refractivity contribution in [3.63, 3.8) is 0 Å². The molecule has 0 unspecified atom stereocenters. The molecule has 0 amide bonds. The van der Waals surface area contributed by atoms with Crippen molar-refractivity contribution in [3.05, 3.63) is 35.9 Å². The lowest BCUT2D eigenvalue weighted by Gasteiger charge is -2.18. The van der Waals surface area contributed by atoms with Crippen LogP contribution in [0.1, 0.15) is 64.9 Å². The molecule has 1 aromatic carbocycles. The summed E-state index contributed by atoms with van der Waals surface area (Å²) in [6.07, 6.45) is 8.26. The van der Waals surface area contributed by atoms with Gasteiger partial charge in [-0.2, -0.15) is 0 Å². The van der Waals surface area contributed by atoms with Crippen molar-refractivity contribution in [1.29, 1.82) is 0 Å². The van der Waals surface area contributed by atoms with E-state index in [1.807, 2.05) is 35.2 Å². The van der Waals surface area contributed by atoms with Gasteiger partial charge in [-0.1, -0.05) is 70.4 Å². The average Bonchev–Trinajstić information content (AvgIpc) is 2.55. The van der Waals surface area contributed by atoms with Crippen molar-refractivity contribution in [2.75, 3.05) is 19.6 Å². The third-order valence-electron chi connectivity index (χ3n) is 3.65. The number of quaternary nitrogens is 1. The first-order chi connectivity index (χ1) is 10.3. The molecule has 0 spiro atoms. The Morgan fingerprint density at radius 3 is 1.48 bits per heavy atom. The molecule has 122 valence electrons. The van der Waals surface area contributed by atoms with Gasteiger partial charge in [-0.3, -0.25) is 0 Å². The second-order valence-corrected chi connectivity index (χ2v) is 5.95. The minimum atomic E-state index is 0.612. The Kier molecular flexibility index (Phi) is 15.5. The van der Waals surface area contributed by atoms with Gasteiger partial charge in [-0.05, 0) is 24.8 Å². The van der Waals surface area contributed by atoms with E-state index in [0.717, 1.165) is 0 Å². The summed E-state index contributed by atoms with van der Waals surface area (Å²) >= 11 is 5.53. The zero-order valence-corrected chi connectivity index (χ0v) is 15.1. The predicted octanol–water partition coefficient (Wildman–Crippen LogP) is 4.70. The van der Waals surface area contributed by atoms with E-state index in [2.05, 4.69) is 20.8 Å². The van der Waals surface area contributed by atoms with E-state index in [4.69, 9.17) is 11.6 Å². The molecule has 0 saturated heterocycles. The zero-order valence-electron chi connectivity index (χ0n) is 14.3. The Hall–Kier alpha value is -0.530. The smallest absolute Gasteiger partial charge is 0.0770 e. The van der Waals surface area contributed by atoms with Gasteiger partial charge >= 0.3 is 0 Å². The molecule has 0 saturated carbocycles. The molecule has 1 aromatic rings. The normalized spacial score (nSPS) is 10.3. The molecule has 0 atom stereocenters. The third-order valence-corrected chi connectivity index (χ3v) is 3.96. The molecule has 0 heterocycles. The Labute approximate surface area is 137 Å². The minimum absolute atomic E-state index is 0.612. The van der Waals surface area contributed by atoms with Gasteiger partial charge in [0.2, 0.25) is 0 Å². The molecule has 0 bridgehead atoms. The number of hydrogen-bond donors (Lipinski definition) is 1. The van der Waals surface area contributed by atoms with Crippen LogP contribution in [-0.2, 0) is 5.88 Å². The number of alkyl halides is 1. The van der Waals surface area contributed by atoms with Crippen LogP contribution in [0.4, 0.5) is 0 Å². The van der Waals surface area contributed by atoms with Crippen LogP contribution in [0.15, 0.2) is 30.3 Å². The van der Waals surface area contributed by atoms with Gasteiger partial charge in [-0.25, -0.2) is 0 Å². The highest BCUT2D eigenvalue weighted by Gasteiger charge is 2.05. The number of nitrogens with one attached hydrogen (secondary N) is 1. The van der Waals surface area contributed by atoms with Gasteiger partial charge in [0, 0.05) is 5.88 Å². The first-order valence-electron chi connectivity index (χ1n) is 8.71. The summed E-state index contributed by atoms with van der Waals surface area (Å²) in [5, 5.41) is 0. The molecule has 0 aromatic heterocycles. The van der Waals surface area contributed by atoms with Crippen LogP contribution in [0.25, 0.3) is 0 Å². The van der Waals surface area contributed by atoms with E-state index >= 15 is 0 Å². The van der Waals surface area contributed by atoms with Gasteiger partial charge in [0.1, 0.15) is 0 Å². The average molecular weight is 313 g/mol. The lowest BCUT2D eigenvalue weighted by Crippen LogP contribution is -3.12. The van der Waals surface area contributed by atoms with Crippen LogP contribution in [0.5, 0.6) is 0 Å². The van der Waals surface area contributed by atoms with Crippen LogP contribution in [0.2, 0.25) is 0 Å². The molecule has 0 aliphatic heterocycles. The van der Waals surface area contributed by atoms with Crippen molar-refractivity contribution in [3.8, 4) is 0 Å². The summed E-state index contributed by atoms with van der Waals surface area (Å²) in [7, 11) is 0. The Morgan fingerprint density at radius 2 is 1.19 bits per heavy atom. The van der Waals surface area contributed by atoms with Crippen molar-refractivity contribution in [2.24, 2.45) is 0 Å². The van der Waals surface area contributed by atoms with Gasteiger partial charge in [0.05, 0.1) is 19.6 Å². The lowest BCUT2D eigenvalue weighted by molar-refractivity contribution is -0.900. The topological polar surface area (TPSA) is 4.44 Å². The highest BCUT2D eigenvalue weighted by atomic mass is 35.5. The third kappa shape index (κ3) is 12.9. The van der Waals surface area contributed by atoms with Crippen LogP contribution in [0.3, 0.4) is 0 Å². The summed E-state index contributed by atoms with van der Waals surface area (Å²) in [4.78, 5) is 1.84. The van der Waals surface area contributed by atoms with Crippen LogP contribution < -0.4 is 4.90 Å². The highest BCUT2D eigenvalue weighted by Crippen LogP contribution is 2.00. The predicted molar refractivity (Wildman–Crippen MR) is 96.3 cm³/mol. The number of benzene rings is 1. The molecule has 1 nitrogen and oxygen atoms in total. The SMILES string of the molecule is CCCC[NH+](CCCC)CCCC.ClCc1ccccc1. The molecule has 0 fully saturated rings. The Morgan fingerprint density at radius 1 is 0.762 bits per heavy atom. The van der Waals surface area contributed by atoms with Crippen LogP contribution in [-0.4, -0.2) is 19.6 Å². The molecule has 0 radical (unpaired) electrons. The summed E-state index contributed by atoms with van der Waals surface area (Å²) in [6, 6.07) is 9.96. The van der Waals surface area contributed by atoms with Crippen molar-refractivity contribution >= 4 is 11.6 Å². The molecular weight excluding hydrogens is 278 g/mol. The number of unbranched alkanes of at least 4 members (excludes halogenated alkanes) is 3. The van der Waals surface area contributed by atoms with Crippen molar-refractivity contribution < 1.29 is 4.90 Å². The number of halogens is 1. The summed E-state index contributed by atoms with van der Waals surface area (Å²) in [5.41, 5.74) is 1.18. The fourth-order valence-electron chi connectivity index (χ4n) is 2.22. The largest absolute Gasteiger partial charge is 0.335 e. The maximum Gasteiger partial charge on any atom is 0.0770 e. The van der Waals surface area contributed by atoms with E-state index in [1.54, 1.807) is 0 Å². The van der Waals surface area contributed by atoms with Crippen molar-refractivity contribution in [1.82, 2.24) is 0 Å². The minimum Gasteiger partial charge on any atom is -0.335 e. The van der Waals surface area contributed by atoms with E-state index in [1.165, 1.54) is 63.7 Å². The monoisotopic (exact) mass is 312 g/mol. The number of rotatable bonds is 10. The first kappa shape index (κ1) is 20.5. The van der Waals surface area contributed by atoms with Gasteiger partial charge in [-0.15, -0.1) is 11.6 Å². The standard InChI is InChI=1S/C12H27N.C7H7Cl/c1-4-7-10-13(11-8-5-2)12-9-6-3;8-6-7-4-2-1-3-5-7/h4-12H2,1-3H3;1-5H,6H2/p+1. The fourth-order valence-corrected chi connectivity index (χ4v) is 2.40. The molecule has 0 aliphatic rings. The molecular formula is C19H35ClN+. The molecule has 21 heavy (non-hydrogen) atoms. The number of hydrogen-bond acceptors (Lipinski definition) is 0. The molecule has 1 rings (SSSR count). The van der Waals surface area contributed by atoms with E-state index in [9.17, 15) is 0 Å². The van der Waals surface area contributed by atoms with Crippen molar-refractivity contribution in [2.45, 2.75) is 65.2 Å². The zero-order chi connectivity index (χ0) is 15.8. The second kappa shape index (κ2) is 15.9. The first-order valence-corrected chi connectivity index (χ1v) is 9.25. The Bertz CT molecular complexity index is 281. The van der Waals surface area contributed by atoms with E-state index < -0.39 is 0 Å². The van der Waals surface area contributed by atoms with Gasteiger partial charge < -0.3 is 4.90 Å². The summed E-state index contributed by atoms with van der Waals surface area (Å²) in [6.45, 7) is 11.1. The van der Waals surface area contributed by atoms with E-state index in [0.29, 0.717) is 5.88 Å². The quantitative estimate of drug-likeness (QED) is 0.597. The molecule has 2 heteroatoms. The highest BCUT2D eigenvalue weighted by molar-refractivity contribution is 6.17. The van der Waals surface area contributed by atoms with Crippen LogP contribution in [0, 0.1) is 0 Å². The maximum atomic E-state index is 5.53. The molecule has 0 aliphatic carbocycles.